The van der Waals surface area contributed by atoms with E-state index in [0.29, 0.717) is 11.6 Å². The van der Waals surface area contributed by atoms with E-state index >= 15 is 0 Å². The number of nitrogen functional groups attached to an aromatic ring is 1. The molecule has 1 aliphatic rings. The van der Waals surface area contributed by atoms with E-state index in [2.05, 4.69) is 29.3 Å². The Bertz CT molecular complexity index is 453. The summed E-state index contributed by atoms with van der Waals surface area (Å²) in [5.41, 5.74) is 3.93. The molecule has 0 radical (unpaired) electrons. The minimum Gasteiger partial charge on any atom is -0.306 e. The monoisotopic (exact) mass is 276 g/mol. The number of carbonyl (C=O) groups excluding carboxylic acids is 1. The first-order valence-corrected chi connectivity index (χ1v) is 7.09. The zero-order valence-corrected chi connectivity index (χ0v) is 12.3. The first-order chi connectivity index (χ1) is 9.61. The third-order valence-corrected chi connectivity index (χ3v) is 4.07. The van der Waals surface area contributed by atoms with Crippen molar-refractivity contribution in [1.82, 2.24) is 15.2 Å². The maximum Gasteiger partial charge on any atom is 0.265 e. The van der Waals surface area contributed by atoms with Gasteiger partial charge >= 0.3 is 0 Å². The van der Waals surface area contributed by atoms with Crippen LogP contribution in [-0.4, -0.2) is 48.9 Å². The quantitative estimate of drug-likeness (QED) is 0.485. The van der Waals surface area contributed by atoms with Crippen LogP contribution < -0.4 is 11.3 Å². The summed E-state index contributed by atoms with van der Waals surface area (Å²) in [6.07, 6.45) is 2.36. The SMILES string of the molecule is CN(C)C1CCN(Cc2ccccc2C(=O)NN)CC1. The number of hydrogen-bond acceptors (Lipinski definition) is 4. The average molecular weight is 276 g/mol. The number of nitrogens with zero attached hydrogens (tertiary/aromatic N) is 2. The molecule has 1 aromatic rings. The summed E-state index contributed by atoms with van der Waals surface area (Å²) in [6, 6.07) is 8.34. The minimum atomic E-state index is -0.219. The van der Waals surface area contributed by atoms with Gasteiger partial charge in [-0.05, 0) is 51.7 Å². The molecule has 0 saturated carbocycles. The van der Waals surface area contributed by atoms with Gasteiger partial charge in [0.25, 0.3) is 5.91 Å². The highest BCUT2D eigenvalue weighted by atomic mass is 16.2. The summed E-state index contributed by atoms with van der Waals surface area (Å²) in [5.74, 6) is 5.02. The fourth-order valence-electron chi connectivity index (χ4n) is 2.79. The second-order valence-corrected chi connectivity index (χ2v) is 5.60. The Labute approximate surface area is 120 Å². The Morgan fingerprint density at radius 3 is 2.60 bits per heavy atom. The third-order valence-electron chi connectivity index (χ3n) is 4.07. The molecule has 5 heteroatoms. The Kier molecular flexibility index (Phi) is 5.11. The number of nitrogens with two attached hydrogens (primary N) is 1. The van der Waals surface area contributed by atoms with Gasteiger partial charge in [-0.2, -0.15) is 0 Å². The van der Waals surface area contributed by atoms with Crippen molar-refractivity contribution in [3.63, 3.8) is 0 Å². The predicted octanol–water partition coefficient (Wildman–Crippen LogP) is 0.816. The molecule has 0 unspecified atom stereocenters. The van der Waals surface area contributed by atoms with Gasteiger partial charge < -0.3 is 4.90 Å². The molecular formula is C15H24N4O. The van der Waals surface area contributed by atoms with Crippen molar-refractivity contribution >= 4 is 5.91 Å². The molecule has 1 fully saturated rings. The Balaban J connectivity index is 1.99. The van der Waals surface area contributed by atoms with Gasteiger partial charge in [-0.25, -0.2) is 5.84 Å². The smallest absolute Gasteiger partial charge is 0.265 e. The van der Waals surface area contributed by atoms with Crippen LogP contribution in [0.5, 0.6) is 0 Å². The van der Waals surface area contributed by atoms with Crippen LogP contribution in [0.15, 0.2) is 24.3 Å². The maximum atomic E-state index is 11.8. The third kappa shape index (κ3) is 3.56. The predicted molar refractivity (Wildman–Crippen MR) is 80.1 cm³/mol. The zero-order valence-electron chi connectivity index (χ0n) is 12.3. The van der Waals surface area contributed by atoms with Gasteiger partial charge in [-0.15, -0.1) is 0 Å². The van der Waals surface area contributed by atoms with Crippen molar-refractivity contribution in [3.8, 4) is 0 Å². The highest BCUT2D eigenvalue weighted by Gasteiger charge is 2.21. The van der Waals surface area contributed by atoms with E-state index in [1.165, 1.54) is 12.8 Å². The number of piperidine rings is 1. The normalized spacial score (nSPS) is 17.4. The van der Waals surface area contributed by atoms with Crippen molar-refractivity contribution in [2.24, 2.45) is 5.84 Å². The molecule has 2 rings (SSSR count). The van der Waals surface area contributed by atoms with Crippen molar-refractivity contribution < 1.29 is 4.79 Å². The van der Waals surface area contributed by atoms with Crippen LogP contribution in [0.25, 0.3) is 0 Å². The molecule has 110 valence electrons. The number of likely N-dealkylation sites (tertiary alicyclic amines) is 1. The fourth-order valence-corrected chi connectivity index (χ4v) is 2.79. The zero-order chi connectivity index (χ0) is 14.5. The number of rotatable bonds is 4. The lowest BCUT2D eigenvalue weighted by Gasteiger charge is -2.35. The van der Waals surface area contributed by atoms with Gasteiger partial charge in [0.15, 0.2) is 0 Å². The van der Waals surface area contributed by atoms with Crippen LogP contribution >= 0.6 is 0 Å². The lowest BCUT2D eigenvalue weighted by atomic mass is 10.0. The molecule has 1 amide bonds. The second kappa shape index (κ2) is 6.83. The van der Waals surface area contributed by atoms with Crippen LogP contribution in [0.1, 0.15) is 28.8 Å². The summed E-state index contributed by atoms with van der Waals surface area (Å²) in [6.45, 7) is 2.95. The summed E-state index contributed by atoms with van der Waals surface area (Å²) < 4.78 is 0. The van der Waals surface area contributed by atoms with Crippen molar-refractivity contribution in [3.05, 3.63) is 35.4 Å². The van der Waals surface area contributed by atoms with Gasteiger partial charge in [0.05, 0.1) is 0 Å². The summed E-state index contributed by atoms with van der Waals surface area (Å²) in [5, 5.41) is 0. The molecular weight excluding hydrogens is 252 g/mol. The molecule has 3 N–H and O–H groups in total. The van der Waals surface area contributed by atoms with Crippen molar-refractivity contribution in [1.29, 1.82) is 0 Å². The standard InChI is InChI=1S/C15H24N4O/c1-18(2)13-7-9-19(10-8-13)11-12-5-3-4-6-14(12)15(20)17-16/h3-6,13H,7-11,16H2,1-2H3,(H,17,20). The van der Waals surface area contributed by atoms with Gasteiger partial charge in [0.1, 0.15) is 0 Å². The van der Waals surface area contributed by atoms with Crippen LogP contribution in [0.3, 0.4) is 0 Å². The molecule has 0 aromatic heterocycles. The van der Waals surface area contributed by atoms with Gasteiger partial charge in [0, 0.05) is 18.2 Å². The highest BCUT2D eigenvalue weighted by molar-refractivity contribution is 5.95. The highest BCUT2D eigenvalue weighted by Crippen LogP contribution is 2.18. The average Bonchev–Trinajstić information content (AvgIpc) is 2.47. The van der Waals surface area contributed by atoms with E-state index in [1.54, 1.807) is 0 Å². The fraction of sp³-hybridized carbons (Fsp3) is 0.533. The molecule has 5 nitrogen and oxygen atoms in total. The molecule has 1 aliphatic heterocycles. The number of benzene rings is 1. The van der Waals surface area contributed by atoms with E-state index in [-0.39, 0.29) is 5.91 Å². The maximum absolute atomic E-state index is 11.8. The Morgan fingerprint density at radius 1 is 1.35 bits per heavy atom. The van der Waals surface area contributed by atoms with Gasteiger partial charge in [0.2, 0.25) is 0 Å². The minimum absolute atomic E-state index is 0.219. The van der Waals surface area contributed by atoms with Crippen molar-refractivity contribution in [2.75, 3.05) is 27.2 Å². The van der Waals surface area contributed by atoms with E-state index in [1.807, 2.05) is 24.3 Å². The number of nitrogens with one attached hydrogen (secondary N) is 1. The molecule has 1 aromatic carbocycles. The molecule has 0 atom stereocenters. The lowest BCUT2D eigenvalue weighted by molar-refractivity contribution is 0.0949. The lowest BCUT2D eigenvalue weighted by Crippen LogP contribution is -2.41. The van der Waals surface area contributed by atoms with Gasteiger partial charge in [-0.3, -0.25) is 15.1 Å². The topological polar surface area (TPSA) is 61.6 Å². The van der Waals surface area contributed by atoms with Crippen LogP contribution in [0.4, 0.5) is 0 Å². The molecule has 0 bridgehead atoms. The summed E-state index contributed by atoms with van der Waals surface area (Å²) in [4.78, 5) is 16.5. The van der Waals surface area contributed by atoms with Gasteiger partial charge in [-0.1, -0.05) is 18.2 Å². The van der Waals surface area contributed by atoms with E-state index in [4.69, 9.17) is 5.84 Å². The molecule has 0 spiro atoms. The Hall–Kier alpha value is -1.43. The molecule has 1 heterocycles. The number of amides is 1. The summed E-state index contributed by atoms with van der Waals surface area (Å²) in [7, 11) is 4.28. The van der Waals surface area contributed by atoms with E-state index in [0.717, 1.165) is 25.2 Å². The first kappa shape index (κ1) is 15.0. The first-order valence-electron chi connectivity index (χ1n) is 7.09. The second-order valence-electron chi connectivity index (χ2n) is 5.60. The van der Waals surface area contributed by atoms with E-state index in [9.17, 15) is 4.79 Å². The van der Waals surface area contributed by atoms with Crippen LogP contribution in [0, 0.1) is 0 Å². The Morgan fingerprint density at radius 2 is 2.00 bits per heavy atom. The van der Waals surface area contributed by atoms with Crippen LogP contribution in [0.2, 0.25) is 0 Å². The number of carbonyl (C=O) groups is 1. The molecule has 0 aliphatic carbocycles. The van der Waals surface area contributed by atoms with Crippen molar-refractivity contribution in [2.45, 2.75) is 25.4 Å². The van der Waals surface area contributed by atoms with Crippen LogP contribution in [-0.2, 0) is 6.54 Å². The number of hydrazine groups is 1. The van der Waals surface area contributed by atoms with E-state index < -0.39 is 0 Å². The molecule has 1 saturated heterocycles. The summed E-state index contributed by atoms with van der Waals surface area (Å²) >= 11 is 0. The largest absolute Gasteiger partial charge is 0.306 e. The number of hydrogen-bond donors (Lipinski definition) is 2. The molecule has 20 heavy (non-hydrogen) atoms.